The normalized spacial score (nSPS) is 22.6. The Balaban J connectivity index is 2.42. The second kappa shape index (κ2) is 6.51. The van der Waals surface area contributed by atoms with E-state index in [0.29, 0.717) is 26.1 Å². The van der Waals surface area contributed by atoms with Gasteiger partial charge in [0.15, 0.2) is 0 Å². The number of hydrogen-bond donors (Lipinski definition) is 2. The Kier molecular flexibility index (Phi) is 5.63. The fraction of sp³-hybridized carbons (Fsp3) is 1.00. The summed E-state index contributed by atoms with van der Waals surface area (Å²) < 4.78 is 32.8. The van der Waals surface area contributed by atoms with Gasteiger partial charge in [-0.15, -0.1) is 0 Å². The van der Waals surface area contributed by atoms with Crippen LogP contribution in [0.4, 0.5) is 0 Å². The highest BCUT2D eigenvalue weighted by Gasteiger charge is 2.23. The molecule has 3 N–H and O–H groups in total. The van der Waals surface area contributed by atoms with Gasteiger partial charge in [0.2, 0.25) is 0 Å². The van der Waals surface area contributed by atoms with E-state index in [1.807, 2.05) is 0 Å². The Morgan fingerprint density at radius 2 is 2.31 bits per heavy atom. The monoisotopic (exact) mass is 251 g/mol. The third-order valence-corrected chi connectivity index (χ3v) is 4.20. The molecular formula is C9H21N3O3S. The lowest BCUT2D eigenvalue weighted by Crippen LogP contribution is -2.47. The smallest absolute Gasteiger partial charge is 0.279 e. The van der Waals surface area contributed by atoms with Crippen LogP contribution in [0.5, 0.6) is 0 Å². The van der Waals surface area contributed by atoms with E-state index in [1.165, 1.54) is 4.31 Å². The molecule has 7 heteroatoms. The van der Waals surface area contributed by atoms with Crippen LogP contribution in [0.1, 0.15) is 19.3 Å². The molecule has 16 heavy (non-hydrogen) atoms. The van der Waals surface area contributed by atoms with E-state index in [-0.39, 0.29) is 6.04 Å². The van der Waals surface area contributed by atoms with Crippen LogP contribution in [0.15, 0.2) is 0 Å². The third kappa shape index (κ3) is 4.34. The quantitative estimate of drug-likeness (QED) is 0.652. The van der Waals surface area contributed by atoms with Gasteiger partial charge in [-0.2, -0.15) is 17.4 Å². The molecule has 1 saturated heterocycles. The zero-order valence-electron chi connectivity index (χ0n) is 9.68. The van der Waals surface area contributed by atoms with Crippen LogP contribution in [-0.4, -0.2) is 52.1 Å². The molecule has 1 aliphatic heterocycles. The summed E-state index contributed by atoms with van der Waals surface area (Å²) in [5.41, 5.74) is 5.34. The molecule has 0 radical (unpaired) electrons. The first-order chi connectivity index (χ1) is 7.56. The first-order valence-corrected chi connectivity index (χ1v) is 7.01. The van der Waals surface area contributed by atoms with Gasteiger partial charge in [0.05, 0.1) is 6.61 Å². The highest BCUT2D eigenvalue weighted by molar-refractivity contribution is 7.87. The third-order valence-electron chi connectivity index (χ3n) is 2.56. The minimum atomic E-state index is -3.38. The van der Waals surface area contributed by atoms with Crippen LogP contribution >= 0.6 is 0 Å². The minimum Gasteiger partial charge on any atom is -0.380 e. The molecule has 1 unspecified atom stereocenters. The van der Waals surface area contributed by atoms with Crippen molar-refractivity contribution in [2.24, 2.45) is 5.73 Å². The van der Waals surface area contributed by atoms with Gasteiger partial charge in [-0.05, 0) is 25.8 Å². The maximum absolute atomic E-state index is 11.8. The van der Waals surface area contributed by atoms with E-state index < -0.39 is 10.2 Å². The number of rotatable bonds is 6. The summed E-state index contributed by atoms with van der Waals surface area (Å²) in [6.07, 6.45) is 2.40. The molecule has 0 bridgehead atoms. The maximum atomic E-state index is 11.8. The van der Waals surface area contributed by atoms with Crippen molar-refractivity contribution >= 4 is 10.2 Å². The van der Waals surface area contributed by atoms with Crippen molar-refractivity contribution in [2.75, 3.05) is 33.4 Å². The molecule has 0 spiro atoms. The summed E-state index contributed by atoms with van der Waals surface area (Å²) in [5.74, 6) is 0. The topological polar surface area (TPSA) is 84.7 Å². The fourth-order valence-electron chi connectivity index (χ4n) is 1.57. The molecule has 96 valence electrons. The van der Waals surface area contributed by atoms with Crippen molar-refractivity contribution in [1.82, 2.24) is 9.03 Å². The van der Waals surface area contributed by atoms with E-state index in [2.05, 4.69) is 4.72 Å². The number of nitrogens with one attached hydrogen (secondary N) is 1. The second-order valence-electron chi connectivity index (χ2n) is 4.00. The predicted molar refractivity (Wildman–Crippen MR) is 62.2 cm³/mol. The highest BCUT2D eigenvalue weighted by Crippen LogP contribution is 2.08. The molecule has 1 aliphatic rings. The van der Waals surface area contributed by atoms with Crippen LogP contribution < -0.4 is 10.5 Å². The molecule has 0 amide bonds. The number of nitrogens with zero attached hydrogens (tertiary/aromatic N) is 1. The van der Waals surface area contributed by atoms with Crippen molar-refractivity contribution in [3.8, 4) is 0 Å². The predicted octanol–water partition coefficient (Wildman–Crippen LogP) is -0.720. The van der Waals surface area contributed by atoms with Gasteiger partial charge in [0, 0.05) is 26.2 Å². The molecule has 6 nitrogen and oxygen atoms in total. The van der Waals surface area contributed by atoms with Gasteiger partial charge in [-0.1, -0.05) is 0 Å². The SMILES string of the molecule is CN(CCCN)S(=O)(=O)NC1CCCOC1. The Hall–Kier alpha value is -0.210. The average molecular weight is 251 g/mol. The Bertz CT molecular complexity index is 288. The molecule has 1 heterocycles. The Labute approximate surface area is 97.3 Å². The standard InChI is InChI=1S/C9H21N3O3S/c1-12(6-3-5-10)16(13,14)11-9-4-2-7-15-8-9/h9,11H,2-8,10H2,1H3. The molecular weight excluding hydrogens is 230 g/mol. The van der Waals surface area contributed by atoms with Gasteiger partial charge in [0.1, 0.15) is 0 Å². The number of ether oxygens (including phenoxy) is 1. The van der Waals surface area contributed by atoms with E-state index in [4.69, 9.17) is 10.5 Å². The van der Waals surface area contributed by atoms with Crippen LogP contribution in [0.3, 0.4) is 0 Å². The average Bonchev–Trinajstić information content (AvgIpc) is 2.26. The van der Waals surface area contributed by atoms with E-state index in [0.717, 1.165) is 19.4 Å². The minimum absolute atomic E-state index is 0.0981. The van der Waals surface area contributed by atoms with Gasteiger partial charge in [-0.3, -0.25) is 0 Å². The van der Waals surface area contributed by atoms with Gasteiger partial charge >= 0.3 is 0 Å². The molecule has 1 rings (SSSR count). The van der Waals surface area contributed by atoms with Gasteiger partial charge in [0.25, 0.3) is 10.2 Å². The van der Waals surface area contributed by atoms with E-state index >= 15 is 0 Å². The van der Waals surface area contributed by atoms with Crippen LogP contribution in [0, 0.1) is 0 Å². The fourth-order valence-corrected chi connectivity index (χ4v) is 2.72. The summed E-state index contributed by atoms with van der Waals surface area (Å²) in [6, 6.07) is -0.0981. The summed E-state index contributed by atoms with van der Waals surface area (Å²) in [6.45, 7) is 2.12. The zero-order valence-corrected chi connectivity index (χ0v) is 10.5. The van der Waals surface area contributed by atoms with Gasteiger partial charge < -0.3 is 10.5 Å². The zero-order chi connectivity index (χ0) is 12.0. The van der Waals surface area contributed by atoms with E-state index in [1.54, 1.807) is 7.05 Å². The van der Waals surface area contributed by atoms with E-state index in [9.17, 15) is 8.42 Å². The summed E-state index contributed by atoms with van der Waals surface area (Å²) in [4.78, 5) is 0. The number of nitrogens with two attached hydrogens (primary N) is 1. The summed E-state index contributed by atoms with van der Waals surface area (Å²) in [7, 11) is -1.83. The lowest BCUT2D eigenvalue weighted by atomic mass is 10.1. The Morgan fingerprint density at radius 3 is 2.88 bits per heavy atom. The summed E-state index contributed by atoms with van der Waals surface area (Å²) in [5, 5.41) is 0. The summed E-state index contributed by atoms with van der Waals surface area (Å²) >= 11 is 0. The molecule has 1 fully saturated rings. The maximum Gasteiger partial charge on any atom is 0.279 e. The molecule has 0 saturated carbocycles. The van der Waals surface area contributed by atoms with Gasteiger partial charge in [-0.25, -0.2) is 0 Å². The molecule has 1 atom stereocenters. The van der Waals surface area contributed by atoms with Crippen LogP contribution in [-0.2, 0) is 14.9 Å². The second-order valence-corrected chi connectivity index (χ2v) is 5.81. The van der Waals surface area contributed by atoms with Crippen molar-refractivity contribution in [2.45, 2.75) is 25.3 Å². The van der Waals surface area contributed by atoms with Crippen LogP contribution in [0.2, 0.25) is 0 Å². The molecule has 0 aromatic rings. The molecule has 0 aromatic heterocycles. The number of hydrogen-bond acceptors (Lipinski definition) is 4. The largest absolute Gasteiger partial charge is 0.380 e. The van der Waals surface area contributed by atoms with Crippen molar-refractivity contribution in [1.29, 1.82) is 0 Å². The lowest BCUT2D eigenvalue weighted by molar-refractivity contribution is 0.0769. The first-order valence-electron chi connectivity index (χ1n) is 5.57. The van der Waals surface area contributed by atoms with Crippen LogP contribution in [0.25, 0.3) is 0 Å². The Morgan fingerprint density at radius 1 is 1.56 bits per heavy atom. The lowest BCUT2D eigenvalue weighted by Gasteiger charge is -2.25. The van der Waals surface area contributed by atoms with Crippen molar-refractivity contribution in [3.63, 3.8) is 0 Å². The van der Waals surface area contributed by atoms with Crippen molar-refractivity contribution in [3.05, 3.63) is 0 Å². The van der Waals surface area contributed by atoms with Crippen molar-refractivity contribution < 1.29 is 13.2 Å². The highest BCUT2D eigenvalue weighted by atomic mass is 32.2. The first kappa shape index (κ1) is 13.9. The molecule has 0 aromatic carbocycles. The molecule has 0 aliphatic carbocycles.